The van der Waals surface area contributed by atoms with Crippen molar-refractivity contribution >= 4 is 5.91 Å². The van der Waals surface area contributed by atoms with Crippen LogP contribution < -0.4 is 4.74 Å². The summed E-state index contributed by atoms with van der Waals surface area (Å²) in [4.78, 5) is 17.3. The molecule has 5 heteroatoms. The second-order valence-electron chi connectivity index (χ2n) is 7.09. The number of amides is 1. The van der Waals surface area contributed by atoms with E-state index in [9.17, 15) is 4.79 Å². The molecular weight excluding hydrogens is 340 g/mol. The first-order valence-corrected chi connectivity index (χ1v) is 9.68. The van der Waals surface area contributed by atoms with Crippen molar-refractivity contribution in [3.8, 4) is 5.75 Å². The zero-order valence-corrected chi connectivity index (χ0v) is 15.5. The first-order chi connectivity index (χ1) is 13.3. The quantitative estimate of drug-likeness (QED) is 0.788. The van der Waals surface area contributed by atoms with Gasteiger partial charge in [0.15, 0.2) is 0 Å². The van der Waals surface area contributed by atoms with Gasteiger partial charge in [-0.15, -0.1) is 0 Å². The van der Waals surface area contributed by atoms with E-state index < -0.39 is 0 Å². The zero-order valence-electron chi connectivity index (χ0n) is 15.5. The summed E-state index contributed by atoms with van der Waals surface area (Å²) in [7, 11) is 0. The Balaban J connectivity index is 1.33. The van der Waals surface area contributed by atoms with Crippen LogP contribution in [0.15, 0.2) is 54.6 Å². The van der Waals surface area contributed by atoms with Crippen molar-refractivity contribution in [3.05, 3.63) is 65.7 Å². The van der Waals surface area contributed by atoms with Gasteiger partial charge in [-0.1, -0.05) is 42.5 Å². The fraction of sp³-hybridized carbons (Fsp3) is 0.409. The molecule has 2 aromatic rings. The van der Waals surface area contributed by atoms with Crippen LogP contribution in [0, 0.1) is 0 Å². The molecule has 0 bridgehead atoms. The first kappa shape index (κ1) is 18.0. The number of ether oxygens (including phenoxy) is 2. The highest BCUT2D eigenvalue weighted by Crippen LogP contribution is 2.24. The van der Waals surface area contributed by atoms with E-state index >= 15 is 0 Å². The minimum absolute atomic E-state index is 0.0646. The third-order valence-corrected chi connectivity index (χ3v) is 5.32. The Morgan fingerprint density at radius 2 is 1.70 bits per heavy atom. The lowest BCUT2D eigenvalue weighted by atomic mass is 10.0. The van der Waals surface area contributed by atoms with Crippen LogP contribution in [0.3, 0.4) is 0 Å². The smallest absolute Gasteiger partial charge is 0.257 e. The Hall–Kier alpha value is -2.37. The number of hydrogen-bond donors (Lipinski definition) is 0. The largest absolute Gasteiger partial charge is 0.492 e. The van der Waals surface area contributed by atoms with E-state index in [1.165, 1.54) is 5.56 Å². The molecule has 0 aromatic heterocycles. The van der Waals surface area contributed by atoms with Gasteiger partial charge in [-0.05, 0) is 17.7 Å². The Bertz CT molecular complexity index is 753. The maximum absolute atomic E-state index is 12.9. The predicted molar refractivity (Wildman–Crippen MR) is 104 cm³/mol. The summed E-state index contributed by atoms with van der Waals surface area (Å²) in [5.74, 6) is 0.739. The van der Waals surface area contributed by atoms with Gasteiger partial charge in [0.1, 0.15) is 5.75 Å². The standard InChI is InChI=1S/C22H26N2O3/c25-22(24-16-19(17-24)23-11-14-26-15-12-23)20-8-4-5-9-21(20)27-13-10-18-6-2-1-3-7-18/h1-9,19H,10-17H2. The van der Waals surface area contributed by atoms with Gasteiger partial charge in [-0.2, -0.15) is 0 Å². The summed E-state index contributed by atoms with van der Waals surface area (Å²) in [5, 5.41) is 0. The Morgan fingerprint density at radius 3 is 2.48 bits per heavy atom. The fourth-order valence-electron chi connectivity index (χ4n) is 3.66. The lowest BCUT2D eigenvalue weighted by Crippen LogP contribution is -2.62. The Labute approximate surface area is 160 Å². The highest BCUT2D eigenvalue weighted by molar-refractivity contribution is 5.97. The van der Waals surface area contributed by atoms with Gasteiger partial charge in [0, 0.05) is 38.6 Å². The van der Waals surface area contributed by atoms with Gasteiger partial charge < -0.3 is 14.4 Å². The molecule has 27 heavy (non-hydrogen) atoms. The number of carbonyl (C=O) groups excluding carboxylic acids is 1. The van der Waals surface area contributed by atoms with Crippen LogP contribution in [0.25, 0.3) is 0 Å². The van der Waals surface area contributed by atoms with Gasteiger partial charge in [-0.25, -0.2) is 0 Å². The minimum atomic E-state index is 0.0646. The number of carbonyl (C=O) groups is 1. The molecule has 2 fully saturated rings. The lowest BCUT2D eigenvalue weighted by Gasteiger charge is -2.46. The van der Waals surface area contributed by atoms with Crippen molar-refractivity contribution in [1.29, 1.82) is 0 Å². The molecular formula is C22H26N2O3. The lowest BCUT2D eigenvalue weighted by molar-refractivity contribution is -0.0257. The van der Waals surface area contributed by atoms with Crippen LogP contribution in [0.4, 0.5) is 0 Å². The molecule has 0 unspecified atom stereocenters. The van der Waals surface area contributed by atoms with E-state index in [4.69, 9.17) is 9.47 Å². The van der Waals surface area contributed by atoms with Crippen molar-refractivity contribution in [2.24, 2.45) is 0 Å². The number of para-hydroxylation sites is 1. The van der Waals surface area contributed by atoms with Crippen molar-refractivity contribution < 1.29 is 14.3 Å². The van der Waals surface area contributed by atoms with Crippen LogP contribution in [0.1, 0.15) is 15.9 Å². The normalized spacial score (nSPS) is 18.1. The van der Waals surface area contributed by atoms with Gasteiger partial charge in [-0.3, -0.25) is 9.69 Å². The molecule has 2 aromatic carbocycles. The highest BCUT2D eigenvalue weighted by atomic mass is 16.5. The van der Waals surface area contributed by atoms with Crippen LogP contribution in [0.5, 0.6) is 5.75 Å². The molecule has 2 saturated heterocycles. The monoisotopic (exact) mass is 366 g/mol. The number of benzene rings is 2. The summed E-state index contributed by atoms with van der Waals surface area (Å²) in [6, 6.07) is 18.3. The van der Waals surface area contributed by atoms with Gasteiger partial charge in [0.25, 0.3) is 5.91 Å². The molecule has 142 valence electrons. The van der Waals surface area contributed by atoms with Crippen LogP contribution in [-0.4, -0.2) is 67.7 Å². The Morgan fingerprint density at radius 1 is 1.00 bits per heavy atom. The highest BCUT2D eigenvalue weighted by Gasteiger charge is 2.36. The molecule has 2 aliphatic rings. The summed E-state index contributed by atoms with van der Waals surface area (Å²) in [6.45, 7) is 5.65. The average molecular weight is 366 g/mol. The van der Waals surface area contributed by atoms with Crippen molar-refractivity contribution in [3.63, 3.8) is 0 Å². The third kappa shape index (κ3) is 4.31. The first-order valence-electron chi connectivity index (χ1n) is 9.68. The molecule has 2 aliphatic heterocycles. The van der Waals surface area contributed by atoms with Gasteiger partial charge >= 0.3 is 0 Å². The van der Waals surface area contributed by atoms with E-state index in [1.54, 1.807) is 0 Å². The second kappa shape index (κ2) is 8.55. The summed E-state index contributed by atoms with van der Waals surface area (Å²) < 4.78 is 11.4. The van der Waals surface area contributed by atoms with E-state index in [-0.39, 0.29) is 5.91 Å². The molecule has 5 nitrogen and oxygen atoms in total. The summed E-state index contributed by atoms with van der Waals surface area (Å²) in [6.07, 6.45) is 0.826. The van der Waals surface area contributed by atoms with Crippen molar-refractivity contribution in [2.45, 2.75) is 12.5 Å². The number of likely N-dealkylation sites (tertiary alicyclic amines) is 1. The molecule has 1 amide bonds. The Kier molecular flexibility index (Phi) is 5.70. The predicted octanol–water partition coefficient (Wildman–Crippen LogP) is 2.46. The average Bonchev–Trinajstić information content (AvgIpc) is 2.69. The molecule has 0 aliphatic carbocycles. The fourth-order valence-corrected chi connectivity index (χ4v) is 3.66. The SMILES string of the molecule is O=C(c1ccccc1OCCc1ccccc1)N1CC(N2CCOCC2)C1. The topological polar surface area (TPSA) is 42.0 Å². The minimum Gasteiger partial charge on any atom is -0.492 e. The maximum Gasteiger partial charge on any atom is 0.257 e. The molecule has 0 atom stereocenters. The zero-order chi connectivity index (χ0) is 18.5. The van der Waals surface area contributed by atoms with Crippen molar-refractivity contribution in [1.82, 2.24) is 9.80 Å². The van der Waals surface area contributed by atoms with E-state index in [0.29, 0.717) is 24.0 Å². The summed E-state index contributed by atoms with van der Waals surface area (Å²) >= 11 is 0. The van der Waals surface area contributed by atoms with E-state index in [1.807, 2.05) is 47.4 Å². The molecule has 2 heterocycles. The number of rotatable bonds is 6. The number of morpholine rings is 1. The molecule has 0 saturated carbocycles. The second-order valence-corrected chi connectivity index (χ2v) is 7.09. The molecule has 0 spiro atoms. The molecule has 0 radical (unpaired) electrons. The number of hydrogen-bond acceptors (Lipinski definition) is 4. The molecule has 0 N–H and O–H groups in total. The number of nitrogens with zero attached hydrogens (tertiary/aromatic N) is 2. The van der Waals surface area contributed by atoms with Gasteiger partial charge in [0.05, 0.1) is 25.4 Å². The van der Waals surface area contributed by atoms with Crippen molar-refractivity contribution in [2.75, 3.05) is 46.0 Å². The maximum atomic E-state index is 12.9. The van der Waals surface area contributed by atoms with Gasteiger partial charge in [0.2, 0.25) is 0 Å². The van der Waals surface area contributed by atoms with Crippen LogP contribution in [0.2, 0.25) is 0 Å². The van der Waals surface area contributed by atoms with Crippen LogP contribution in [-0.2, 0) is 11.2 Å². The van der Waals surface area contributed by atoms with E-state index in [0.717, 1.165) is 45.8 Å². The third-order valence-electron chi connectivity index (χ3n) is 5.32. The summed E-state index contributed by atoms with van der Waals surface area (Å²) in [5.41, 5.74) is 1.89. The van der Waals surface area contributed by atoms with Crippen LogP contribution >= 0.6 is 0 Å². The molecule has 4 rings (SSSR count). The van der Waals surface area contributed by atoms with E-state index in [2.05, 4.69) is 17.0 Å².